The molecule has 1 aliphatic heterocycles. The molecule has 1 unspecified atom stereocenters. The summed E-state index contributed by atoms with van der Waals surface area (Å²) in [6.45, 7) is 10.3. The Morgan fingerprint density at radius 3 is 2.23 bits per heavy atom. The quantitative estimate of drug-likeness (QED) is 0.671. The van der Waals surface area contributed by atoms with Gasteiger partial charge in [0.05, 0.1) is 6.54 Å². The number of hydrogen-bond donors (Lipinski definition) is 0. The van der Waals surface area contributed by atoms with Crippen molar-refractivity contribution in [2.24, 2.45) is 0 Å². The number of hydrogen-bond acceptors (Lipinski definition) is 4. The average Bonchev–Trinajstić information content (AvgIpc) is 2.64. The Labute approximate surface area is 164 Å². The van der Waals surface area contributed by atoms with Crippen molar-refractivity contribution in [2.75, 3.05) is 45.8 Å². The van der Waals surface area contributed by atoms with Crippen LogP contribution < -0.4 is 4.74 Å². The standard InChI is InChI=1S/C19H28BrN3O3/c1-4-22(5-2)18(24)14-21-10-12-23(13-11-21)19(25)15(3)26-17-8-6-16(20)7-9-17/h6-9,15H,4-5,10-14H2,1-3H3. The summed E-state index contributed by atoms with van der Waals surface area (Å²) in [7, 11) is 0. The zero-order valence-electron chi connectivity index (χ0n) is 15.8. The summed E-state index contributed by atoms with van der Waals surface area (Å²) < 4.78 is 6.72. The lowest BCUT2D eigenvalue weighted by molar-refractivity contribution is -0.140. The lowest BCUT2D eigenvalue weighted by atomic mass is 10.2. The lowest BCUT2D eigenvalue weighted by Crippen LogP contribution is -2.53. The fourth-order valence-electron chi connectivity index (χ4n) is 3.02. The van der Waals surface area contributed by atoms with Crippen molar-refractivity contribution in [3.63, 3.8) is 0 Å². The summed E-state index contributed by atoms with van der Waals surface area (Å²) in [5.74, 6) is 0.821. The highest BCUT2D eigenvalue weighted by Gasteiger charge is 2.27. The van der Waals surface area contributed by atoms with E-state index in [4.69, 9.17) is 4.74 Å². The number of rotatable bonds is 7. The summed E-state index contributed by atoms with van der Waals surface area (Å²) in [5.41, 5.74) is 0. The minimum atomic E-state index is -0.528. The van der Waals surface area contributed by atoms with E-state index >= 15 is 0 Å². The molecule has 144 valence electrons. The van der Waals surface area contributed by atoms with E-state index in [2.05, 4.69) is 20.8 Å². The Morgan fingerprint density at radius 1 is 1.12 bits per heavy atom. The van der Waals surface area contributed by atoms with Crippen LogP contribution in [0.25, 0.3) is 0 Å². The molecule has 1 aliphatic rings. The first-order valence-electron chi connectivity index (χ1n) is 9.15. The Morgan fingerprint density at radius 2 is 1.69 bits per heavy atom. The van der Waals surface area contributed by atoms with Crippen LogP contribution in [0, 0.1) is 0 Å². The Bertz CT molecular complexity index is 597. The van der Waals surface area contributed by atoms with E-state index in [9.17, 15) is 9.59 Å². The zero-order valence-corrected chi connectivity index (χ0v) is 17.4. The first-order valence-corrected chi connectivity index (χ1v) is 9.95. The van der Waals surface area contributed by atoms with Crippen molar-refractivity contribution in [1.29, 1.82) is 0 Å². The van der Waals surface area contributed by atoms with Crippen molar-refractivity contribution in [1.82, 2.24) is 14.7 Å². The van der Waals surface area contributed by atoms with Gasteiger partial charge in [-0.3, -0.25) is 14.5 Å². The molecule has 2 rings (SSSR count). The monoisotopic (exact) mass is 425 g/mol. The van der Waals surface area contributed by atoms with E-state index < -0.39 is 6.10 Å². The van der Waals surface area contributed by atoms with Gasteiger partial charge in [-0.15, -0.1) is 0 Å². The van der Waals surface area contributed by atoms with Gasteiger partial charge in [0.25, 0.3) is 5.91 Å². The van der Waals surface area contributed by atoms with Crippen molar-refractivity contribution < 1.29 is 14.3 Å². The predicted molar refractivity (Wildman–Crippen MR) is 105 cm³/mol. The number of piperazine rings is 1. The number of ether oxygens (including phenoxy) is 1. The maximum atomic E-state index is 12.6. The molecule has 0 bridgehead atoms. The molecule has 0 N–H and O–H groups in total. The summed E-state index contributed by atoms with van der Waals surface area (Å²) in [5, 5.41) is 0. The Balaban J connectivity index is 1.80. The van der Waals surface area contributed by atoms with Gasteiger partial charge in [-0.2, -0.15) is 0 Å². The summed E-state index contributed by atoms with van der Waals surface area (Å²) in [6.07, 6.45) is -0.528. The van der Waals surface area contributed by atoms with Crippen LogP contribution in [0.15, 0.2) is 28.7 Å². The van der Waals surface area contributed by atoms with Crippen LogP contribution in [0.2, 0.25) is 0 Å². The molecule has 6 nitrogen and oxygen atoms in total. The second-order valence-corrected chi connectivity index (χ2v) is 7.30. The molecule has 1 fully saturated rings. The van der Waals surface area contributed by atoms with Gasteiger partial charge in [0, 0.05) is 43.7 Å². The van der Waals surface area contributed by atoms with E-state index in [0.717, 1.165) is 17.6 Å². The van der Waals surface area contributed by atoms with Gasteiger partial charge in [0.2, 0.25) is 5.91 Å². The normalized spacial score (nSPS) is 16.2. The zero-order chi connectivity index (χ0) is 19.1. The van der Waals surface area contributed by atoms with E-state index in [0.29, 0.717) is 38.5 Å². The second kappa shape index (κ2) is 9.92. The van der Waals surface area contributed by atoms with Gasteiger partial charge in [-0.1, -0.05) is 15.9 Å². The number of halogens is 1. The maximum absolute atomic E-state index is 12.6. The molecule has 1 heterocycles. The molecule has 1 aromatic carbocycles. The highest BCUT2D eigenvalue weighted by atomic mass is 79.9. The van der Waals surface area contributed by atoms with E-state index in [-0.39, 0.29) is 11.8 Å². The number of likely N-dealkylation sites (N-methyl/N-ethyl adjacent to an activating group) is 1. The molecule has 1 atom stereocenters. The van der Waals surface area contributed by atoms with E-state index in [1.54, 1.807) is 6.92 Å². The molecular weight excluding hydrogens is 398 g/mol. The number of nitrogens with zero attached hydrogens (tertiary/aromatic N) is 3. The highest BCUT2D eigenvalue weighted by molar-refractivity contribution is 9.10. The maximum Gasteiger partial charge on any atom is 0.263 e. The molecule has 26 heavy (non-hydrogen) atoms. The molecule has 0 radical (unpaired) electrons. The first kappa shape index (κ1) is 20.7. The Hall–Kier alpha value is -1.60. The molecule has 0 aromatic heterocycles. The van der Waals surface area contributed by atoms with Gasteiger partial charge in [-0.25, -0.2) is 0 Å². The molecule has 0 aliphatic carbocycles. The minimum Gasteiger partial charge on any atom is -0.481 e. The molecule has 0 spiro atoms. The van der Waals surface area contributed by atoms with Crippen LogP contribution >= 0.6 is 15.9 Å². The summed E-state index contributed by atoms with van der Waals surface area (Å²) >= 11 is 3.38. The smallest absolute Gasteiger partial charge is 0.263 e. The molecule has 2 amide bonds. The van der Waals surface area contributed by atoms with Crippen molar-refractivity contribution in [2.45, 2.75) is 26.9 Å². The fraction of sp³-hybridized carbons (Fsp3) is 0.579. The third-order valence-electron chi connectivity index (χ3n) is 4.63. The number of benzene rings is 1. The van der Waals surface area contributed by atoms with Crippen LogP contribution in [-0.2, 0) is 9.59 Å². The predicted octanol–water partition coefficient (Wildman–Crippen LogP) is 2.23. The SMILES string of the molecule is CCN(CC)C(=O)CN1CCN(C(=O)C(C)Oc2ccc(Br)cc2)CC1. The van der Waals surface area contributed by atoms with Gasteiger partial charge in [0.1, 0.15) is 5.75 Å². The number of amides is 2. The average molecular weight is 426 g/mol. The van der Waals surface area contributed by atoms with Crippen molar-refractivity contribution in [3.05, 3.63) is 28.7 Å². The fourth-order valence-corrected chi connectivity index (χ4v) is 3.28. The summed E-state index contributed by atoms with van der Waals surface area (Å²) in [4.78, 5) is 30.6. The van der Waals surface area contributed by atoms with Crippen LogP contribution in [0.4, 0.5) is 0 Å². The topological polar surface area (TPSA) is 53.1 Å². The highest BCUT2D eigenvalue weighted by Crippen LogP contribution is 2.18. The third kappa shape index (κ3) is 5.71. The van der Waals surface area contributed by atoms with Gasteiger partial charge in [0.15, 0.2) is 6.10 Å². The van der Waals surface area contributed by atoms with E-state index in [1.807, 2.05) is 47.9 Å². The van der Waals surface area contributed by atoms with Crippen molar-refractivity contribution >= 4 is 27.7 Å². The number of carbonyl (C=O) groups is 2. The van der Waals surface area contributed by atoms with Gasteiger partial charge >= 0.3 is 0 Å². The minimum absolute atomic E-state index is 0.0114. The molecule has 7 heteroatoms. The first-order chi connectivity index (χ1) is 12.4. The summed E-state index contributed by atoms with van der Waals surface area (Å²) in [6, 6.07) is 7.45. The van der Waals surface area contributed by atoms with Crippen molar-refractivity contribution in [3.8, 4) is 5.75 Å². The lowest BCUT2D eigenvalue weighted by Gasteiger charge is -2.36. The van der Waals surface area contributed by atoms with Crippen LogP contribution in [0.5, 0.6) is 5.75 Å². The number of carbonyl (C=O) groups excluding carboxylic acids is 2. The van der Waals surface area contributed by atoms with Gasteiger partial charge < -0.3 is 14.5 Å². The van der Waals surface area contributed by atoms with E-state index in [1.165, 1.54) is 0 Å². The van der Waals surface area contributed by atoms with Gasteiger partial charge in [-0.05, 0) is 45.0 Å². The second-order valence-electron chi connectivity index (χ2n) is 6.38. The third-order valence-corrected chi connectivity index (χ3v) is 5.16. The molecular formula is C19H28BrN3O3. The molecule has 1 saturated heterocycles. The van der Waals surface area contributed by atoms with Crippen LogP contribution in [0.3, 0.4) is 0 Å². The molecule has 1 aromatic rings. The molecule has 0 saturated carbocycles. The van der Waals surface area contributed by atoms with Crippen LogP contribution in [0.1, 0.15) is 20.8 Å². The van der Waals surface area contributed by atoms with Crippen LogP contribution in [-0.4, -0.2) is 78.4 Å². The Kier molecular flexibility index (Phi) is 7.90. The largest absolute Gasteiger partial charge is 0.481 e.